The zero-order valence-corrected chi connectivity index (χ0v) is 13.3. The predicted molar refractivity (Wildman–Crippen MR) is 88.5 cm³/mol. The molecule has 2 rings (SSSR count). The summed E-state index contributed by atoms with van der Waals surface area (Å²) in [5, 5.41) is 2.08. The third-order valence-electron chi connectivity index (χ3n) is 3.17. The highest BCUT2D eigenvalue weighted by Crippen LogP contribution is 2.35. The van der Waals surface area contributed by atoms with Crippen molar-refractivity contribution in [3.8, 4) is 0 Å². The van der Waals surface area contributed by atoms with Crippen LogP contribution < -0.4 is 10.6 Å². The molecule has 0 radical (unpaired) electrons. The Kier molecular flexibility index (Phi) is 5.77. The summed E-state index contributed by atoms with van der Waals surface area (Å²) < 4.78 is 5.82. The van der Waals surface area contributed by atoms with Gasteiger partial charge in [-0.05, 0) is 13.8 Å². The fourth-order valence-electron chi connectivity index (χ4n) is 2.00. The maximum atomic E-state index is 12.3. The molecular weight excluding hydrogens is 281 g/mol. The summed E-state index contributed by atoms with van der Waals surface area (Å²) in [5.74, 6) is 0. The van der Waals surface area contributed by atoms with Crippen LogP contribution in [-0.4, -0.2) is 24.1 Å². The molecule has 0 aliphatic carbocycles. The summed E-state index contributed by atoms with van der Waals surface area (Å²) in [6, 6.07) is 19.8. The first-order chi connectivity index (χ1) is 10.3. The molecular formula is C17H20NO2P. The number of rotatable bonds is 5. The van der Waals surface area contributed by atoms with Crippen molar-refractivity contribution in [3.05, 3.63) is 60.7 Å². The van der Waals surface area contributed by atoms with E-state index in [1.165, 1.54) is 0 Å². The highest BCUT2D eigenvalue weighted by atomic mass is 31.1. The van der Waals surface area contributed by atoms with Crippen LogP contribution in [-0.2, 0) is 4.52 Å². The average Bonchev–Trinajstić information content (AvgIpc) is 2.55. The van der Waals surface area contributed by atoms with Gasteiger partial charge in [0, 0.05) is 23.7 Å². The van der Waals surface area contributed by atoms with Gasteiger partial charge in [0.25, 0.3) is 0 Å². The van der Waals surface area contributed by atoms with E-state index in [2.05, 4.69) is 0 Å². The molecule has 0 heterocycles. The number of benzene rings is 2. The molecule has 0 aromatic heterocycles. The first-order valence-corrected chi connectivity index (χ1v) is 8.39. The summed E-state index contributed by atoms with van der Waals surface area (Å²) in [7, 11) is -1.13. The predicted octanol–water partition coefficient (Wildman–Crippen LogP) is 3.51. The van der Waals surface area contributed by atoms with Crippen molar-refractivity contribution in [1.82, 2.24) is 4.90 Å². The van der Waals surface area contributed by atoms with Gasteiger partial charge < -0.3 is 9.42 Å². The molecule has 1 amide bonds. The number of hydrogen-bond acceptors (Lipinski definition) is 2. The third kappa shape index (κ3) is 4.05. The number of hydrogen-bond donors (Lipinski definition) is 0. The second kappa shape index (κ2) is 7.80. The van der Waals surface area contributed by atoms with E-state index in [1.54, 1.807) is 4.90 Å². The topological polar surface area (TPSA) is 29.5 Å². The van der Waals surface area contributed by atoms with Crippen molar-refractivity contribution in [2.75, 3.05) is 13.1 Å². The Bertz CT molecular complexity index is 516. The van der Waals surface area contributed by atoms with Crippen molar-refractivity contribution in [1.29, 1.82) is 0 Å². The molecule has 2 aromatic rings. The van der Waals surface area contributed by atoms with Crippen molar-refractivity contribution in [2.45, 2.75) is 13.8 Å². The molecule has 0 bridgehead atoms. The molecule has 110 valence electrons. The molecule has 0 aliphatic rings. The number of carbonyl (C=O) groups excluding carboxylic acids is 1. The maximum Gasteiger partial charge on any atom is 0.413 e. The highest BCUT2D eigenvalue weighted by Gasteiger charge is 2.22. The van der Waals surface area contributed by atoms with Gasteiger partial charge in [0.05, 0.1) is 0 Å². The van der Waals surface area contributed by atoms with Crippen molar-refractivity contribution < 1.29 is 9.32 Å². The minimum atomic E-state index is -1.13. The van der Waals surface area contributed by atoms with E-state index in [1.807, 2.05) is 74.5 Å². The fourth-order valence-corrected chi connectivity index (χ4v) is 3.67. The minimum absolute atomic E-state index is 0.251. The first-order valence-electron chi connectivity index (χ1n) is 7.13. The molecule has 2 aromatic carbocycles. The lowest BCUT2D eigenvalue weighted by Gasteiger charge is -2.23. The smallest absolute Gasteiger partial charge is 0.413 e. The van der Waals surface area contributed by atoms with Crippen molar-refractivity contribution >= 4 is 24.9 Å². The van der Waals surface area contributed by atoms with Crippen LogP contribution in [0.2, 0.25) is 0 Å². The Labute approximate surface area is 127 Å². The van der Waals surface area contributed by atoms with E-state index in [0.29, 0.717) is 13.1 Å². The molecule has 0 spiro atoms. The number of nitrogens with zero attached hydrogens (tertiary/aromatic N) is 1. The Morgan fingerprint density at radius 2 is 1.33 bits per heavy atom. The van der Waals surface area contributed by atoms with Crippen LogP contribution in [0.3, 0.4) is 0 Å². The molecule has 0 aliphatic heterocycles. The summed E-state index contributed by atoms with van der Waals surface area (Å²) in [5.41, 5.74) is 0. The monoisotopic (exact) mass is 301 g/mol. The van der Waals surface area contributed by atoms with E-state index in [0.717, 1.165) is 10.6 Å². The van der Waals surface area contributed by atoms with Crippen LogP contribution >= 0.6 is 8.15 Å². The van der Waals surface area contributed by atoms with Crippen LogP contribution in [0.4, 0.5) is 4.79 Å². The normalized spacial score (nSPS) is 10.4. The van der Waals surface area contributed by atoms with E-state index in [4.69, 9.17) is 4.52 Å². The first kappa shape index (κ1) is 15.5. The van der Waals surface area contributed by atoms with Gasteiger partial charge in [-0.25, -0.2) is 4.79 Å². The Balaban J connectivity index is 2.27. The van der Waals surface area contributed by atoms with Gasteiger partial charge in [0.2, 0.25) is 0 Å². The zero-order chi connectivity index (χ0) is 15.1. The SMILES string of the molecule is CCN(CC)C(=O)OP(c1ccccc1)c1ccccc1. The van der Waals surface area contributed by atoms with Gasteiger partial charge in [-0.2, -0.15) is 0 Å². The number of carbonyl (C=O) groups is 1. The molecule has 0 N–H and O–H groups in total. The third-order valence-corrected chi connectivity index (χ3v) is 5.05. The fraction of sp³-hybridized carbons (Fsp3) is 0.235. The highest BCUT2D eigenvalue weighted by molar-refractivity contribution is 7.68. The second-order valence-electron chi connectivity index (χ2n) is 4.49. The lowest BCUT2D eigenvalue weighted by molar-refractivity contribution is 0.163. The molecule has 3 nitrogen and oxygen atoms in total. The molecule has 0 unspecified atom stereocenters. The van der Waals surface area contributed by atoms with Gasteiger partial charge in [0.15, 0.2) is 8.15 Å². The van der Waals surface area contributed by atoms with Crippen LogP contribution in [0, 0.1) is 0 Å². The Morgan fingerprint density at radius 3 is 1.71 bits per heavy atom. The Hall–Kier alpha value is -1.86. The molecule has 0 atom stereocenters. The van der Waals surface area contributed by atoms with Crippen LogP contribution in [0.5, 0.6) is 0 Å². The molecule has 0 saturated heterocycles. The van der Waals surface area contributed by atoms with Crippen LogP contribution in [0.15, 0.2) is 60.7 Å². The van der Waals surface area contributed by atoms with E-state index in [-0.39, 0.29) is 6.09 Å². The van der Waals surface area contributed by atoms with Crippen molar-refractivity contribution in [3.63, 3.8) is 0 Å². The second-order valence-corrected chi connectivity index (χ2v) is 6.30. The summed E-state index contributed by atoms with van der Waals surface area (Å²) in [4.78, 5) is 14.0. The van der Waals surface area contributed by atoms with Gasteiger partial charge in [-0.15, -0.1) is 0 Å². The quantitative estimate of drug-likeness (QED) is 0.791. The van der Waals surface area contributed by atoms with Crippen LogP contribution in [0.1, 0.15) is 13.8 Å². The lowest BCUT2D eigenvalue weighted by Crippen LogP contribution is -2.31. The van der Waals surface area contributed by atoms with Crippen molar-refractivity contribution in [2.24, 2.45) is 0 Å². The summed E-state index contributed by atoms with van der Waals surface area (Å²) in [6.45, 7) is 5.22. The average molecular weight is 301 g/mol. The zero-order valence-electron chi connectivity index (χ0n) is 12.4. The van der Waals surface area contributed by atoms with Gasteiger partial charge in [-0.3, -0.25) is 0 Å². The minimum Gasteiger partial charge on any atom is -0.419 e. The van der Waals surface area contributed by atoms with E-state index < -0.39 is 8.15 Å². The lowest BCUT2D eigenvalue weighted by atomic mass is 10.4. The molecule has 0 fully saturated rings. The maximum absolute atomic E-state index is 12.3. The van der Waals surface area contributed by atoms with Gasteiger partial charge in [0.1, 0.15) is 0 Å². The molecule has 4 heteroatoms. The Morgan fingerprint density at radius 1 is 0.905 bits per heavy atom. The van der Waals surface area contributed by atoms with E-state index >= 15 is 0 Å². The summed E-state index contributed by atoms with van der Waals surface area (Å²) >= 11 is 0. The van der Waals surface area contributed by atoms with Gasteiger partial charge >= 0.3 is 6.09 Å². The van der Waals surface area contributed by atoms with Gasteiger partial charge in [-0.1, -0.05) is 60.7 Å². The summed E-state index contributed by atoms with van der Waals surface area (Å²) in [6.07, 6.45) is -0.251. The molecule has 21 heavy (non-hydrogen) atoms. The van der Waals surface area contributed by atoms with E-state index in [9.17, 15) is 4.79 Å². The molecule has 0 saturated carbocycles. The largest absolute Gasteiger partial charge is 0.419 e. The van der Waals surface area contributed by atoms with Crippen LogP contribution in [0.25, 0.3) is 0 Å². The number of amides is 1. The standard InChI is InChI=1S/C17H20NO2P/c1-3-18(4-2)17(19)20-21(15-11-7-5-8-12-15)16-13-9-6-10-14-16/h5-14H,3-4H2,1-2H3.